The minimum Gasteiger partial charge on any atom is -0.103 e. The van der Waals surface area contributed by atoms with Crippen LogP contribution in [0.4, 0.5) is 0 Å². The van der Waals surface area contributed by atoms with Gasteiger partial charge in [-0.25, -0.2) is 0 Å². The Balaban J connectivity index is 0. The highest BCUT2D eigenvalue weighted by Gasteiger charge is 1.66. The lowest BCUT2D eigenvalue weighted by molar-refractivity contribution is 1.06. The Morgan fingerprint density at radius 1 is 0.917 bits per heavy atom. The average molecular weight is 164 g/mol. The van der Waals surface area contributed by atoms with E-state index in [2.05, 4.69) is 25.8 Å². The van der Waals surface area contributed by atoms with Crippen LogP contribution in [0.2, 0.25) is 0 Å². The number of allylic oxidation sites excluding steroid dienone is 5. The molecular weight excluding hydrogens is 144 g/mol. The third kappa shape index (κ3) is 23.1. The van der Waals surface area contributed by atoms with E-state index in [1.807, 2.05) is 31.2 Å². The van der Waals surface area contributed by atoms with Gasteiger partial charge in [0.2, 0.25) is 0 Å². The quantitative estimate of drug-likeness (QED) is 0.420. The van der Waals surface area contributed by atoms with Crippen molar-refractivity contribution in [3.8, 4) is 0 Å². The van der Waals surface area contributed by atoms with Crippen molar-refractivity contribution in [2.24, 2.45) is 0 Å². The highest BCUT2D eigenvalue weighted by molar-refractivity contribution is 4.85. The summed E-state index contributed by atoms with van der Waals surface area (Å²) in [5.74, 6) is 0. The minimum atomic E-state index is 0.997. The van der Waals surface area contributed by atoms with Crippen LogP contribution in [0.15, 0.2) is 50.1 Å². The summed E-state index contributed by atoms with van der Waals surface area (Å²) in [4.78, 5) is 0. The van der Waals surface area contributed by atoms with Crippen molar-refractivity contribution >= 4 is 0 Å². The zero-order valence-electron chi connectivity index (χ0n) is 8.13. The Hall–Kier alpha value is -1.04. The summed E-state index contributed by atoms with van der Waals surface area (Å²) in [6.45, 7) is 12.7. The molecule has 0 spiro atoms. The Morgan fingerprint density at radius 3 is 1.58 bits per heavy atom. The topological polar surface area (TPSA) is 0 Å². The zero-order chi connectivity index (χ0) is 9.66. The predicted molar refractivity (Wildman–Crippen MR) is 59.3 cm³/mol. The van der Waals surface area contributed by atoms with E-state index in [4.69, 9.17) is 0 Å². The molecular formula is C12H20. The second-order valence-electron chi connectivity index (χ2n) is 2.25. The first-order chi connectivity index (χ1) is 5.83. The van der Waals surface area contributed by atoms with Gasteiger partial charge in [-0.1, -0.05) is 30.4 Å². The third-order valence-electron chi connectivity index (χ3n) is 1.11. The van der Waals surface area contributed by atoms with Gasteiger partial charge in [0.15, 0.2) is 0 Å². The first kappa shape index (κ1) is 13.5. The van der Waals surface area contributed by atoms with Gasteiger partial charge < -0.3 is 0 Å². The van der Waals surface area contributed by atoms with Crippen molar-refractivity contribution in [1.82, 2.24) is 0 Å². The van der Waals surface area contributed by atoms with Crippen molar-refractivity contribution in [3.63, 3.8) is 0 Å². The Labute approximate surface area is 77.0 Å². The second-order valence-corrected chi connectivity index (χ2v) is 2.25. The van der Waals surface area contributed by atoms with E-state index in [1.165, 1.54) is 0 Å². The molecule has 0 atom stereocenters. The molecule has 0 nitrogen and oxygen atoms in total. The Morgan fingerprint density at radius 2 is 1.42 bits per heavy atom. The van der Waals surface area contributed by atoms with Crippen LogP contribution in [-0.2, 0) is 0 Å². The highest BCUT2D eigenvalue weighted by Crippen LogP contribution is 1.86. The molecule has 0 saturated carbocycles. The Bertz CT molecular complexity index is 121. The second kappa shape index (κ2) is 16.5. The molecule has 0 aromatic heterocycles. The largest absolute Gasteiger partial charge is 0.103 e. The van der Waals surface area contributed by atoms with Gasteiger partial charge in [0.25, 0.3) is 0 Å². The number of hydrogen-bond acceptors (Lipinski definition) is 0. The summed E-state index contributed by atoms with van der Waals surface area (Å²) in [6, 6.07) is 0. The lowest BCUT2D eigenvalue weighted by atomic mass is 10.3. The summed E-state index contributed by atoms with van der Waals surface area (Å²) in [5, 5.41) is 0. The summed E-state index contributed by atoms with van der Waals surface area (Å²) < 4.78 is 0. The summed E-state index contributed by atoms with van der Waals surface area (Å²) in [5.41, 5.74) is 0. The lowest BCUT2D eigenvalue weighted by Crippen LogP contribution is -1.56. The van der Waals surface area contributed by atoms with Gasteiger partial charge in [0, 0.05) is 0 Å². The van der Waals surface area contributed by atoms with E-state index in [0.717, 1.165) is 19.3 Å². The van der Waals surface area contributed by atoms with E-state index in [1.54, 1.807) is 0 Å². The third-order valence-corrected chi connectivity index (χ3v) is 1.11. The molecule has 0 aliphatic carbocycles. The highest BCUT2D eigenvalue weighted by atomic mass is 13.7. The number of unbranched alkanes of at least 4 members (excludes halogenated alkanes) is 1. The molecule has 0 aliphatic heterocycles. The predicted octanol–water partition coefficient (Wildman–Crippen LogP) is 4.28. The van der Waals surface area contributed by atoms with Crippen molar-refractivity contribution in [2.45, 2.75) is 26.2 Å². The summed E-state index contributed by atoms with van der Waals surface area (Å²) in [7, 11) is 0. The SMILES string of the molecule is C=CCC=CC.C=CCCC=C. The van der Waals surface area contributed by atoms with E-state index >= 15 is 0 Å². The fourth-order valence-electron chi connectivity index (χ4n) is 0.468. The minimum absolute atomic E-state index is 0.997. The summed E-state index contributed by atoms with van der Waals surface area (Å²) in [6.07, 6.45) is 12.8. The van der Waals surface area contributed by atoms with Crippen LogP contribution < -0.4 is 0 Å². The van der Waals surface area contributed by atoms with Crippen LogP contribution in [-0.4, -0.2) is 0 Å². The standard InChI is InChI=1S/2C6H10/c2*1-3-5-6-4-2/h3-4,6H,1,5H2,2H3;3-4H,1-2,5-6H2. The molecule has 68 valence electrons. The van der Waals surface area contributed by atoms with Crippen LogP contribution in [0.1, 0.15) is 26.2 Å². The van der Waals surface area contributed by atoms with Crippen LogP contribution in [0.3, 0.4) is 0 Å². The fraction of sp³-hybridized carbons (Fsp3) is 0.333. The molecule has 12 heavy (non-hydrogen) atoms. The monoisotopic (exact) mass is 164 g/mol. The molecule has 0 rings (SSSR count). The van der Waals surface area contributed by atoms with Gasteiger partial charge in [-0.15, -0.1) is 19.7 Å². The smallest absolute Gasteiger partial charge is 0.0172 e. The van der Waals surface area contributed by atoms with Gasteiger partial charge in [0.1, 0.15) is 0 Å². The van der Waals surface area contributed by atoms with Crippen LogP contribution >= 0.6 is 0 Å². The van der Waals surface area contributed by atoms with Gasteiger partial charge in [-0.05, 0) is 26.2 Å². The number of rotatable bonds is 5. The average Bonchev–Trinajstić information content (AvgIpc) is 2.12. The lowest BCUT2D eigenvalue weighted by Gasteiger charge is -1.76. The summed E-state index contributed by atoms with van der Waals surface area (Å²) >= 11 is 0. The van der Waals surface area contributed by atoms with Crippen molar-refractivity contribution in [3.05, 3.63) is 50.1 Å². The maximum absolute atomic E-state index is 3.55. The molecule has 0 aromatic carbocycles. The van der Waals surface area contributed by atoms with Gasteiger partial charge in [-0.2, -0.15) is 0 Å². The maximum atomic E-state index is 3.55. The number of hydrogen-bond donors (Lipinski definition) is 0. The van der Waals surface area contributed by atoms with Crippen LogP contribution in [0.25, 0.3) is 0 Å². The van der Waals surface area contributed by atoms with Crippen LogP contribution in [0.5, 0.6) is 0 Å². The molecule has 0 bridgehead atoms. The van der Waals surface area contributed by atoms with E-state index < -0.39 is 0 Å². The molecule has 0 unspecified atom stereocenters. The molecule has 0 amide bonds. The normalized spacial score (nSPS) is 8.42. The van der Waals surface area contributed by atoms with Crippen molar-refractivity contribution in [2.75, 3.05) is 0 Å². The first-order valence-electron chi connectivity index (χ1n) is 4.27. The molecule has 0 aliphatic rings. The van der Waals surface area contributed by atoms with E-state index in [-0.39, 0.29) is 0 Å². The van der Waals surface area contributed by atoms with Gasteiger partial charge in [0.05, 0.1) is 0 Å². The van der Waals surface area contributed by atoms with Gasteiger partial charge >= 0.3 is 0 Å². The Kier molecular flexibility index (Phi) is 18.6. The van der Waals surface area contributed by atoms with E-state index in [0.29, 0.717) is 0 Å². The molecule has 0 saturated heterocycles. The molecule has 0 fully saturated rings. The first-order valence-corrected chi connectivity index (χ1v) is 4.27. The molecule has 0 N–H and O–H groups in total. The molecule has 0 heteroatoms. The fourth-order valence-corrected chi connectivity index (χ4v) is 0.468. The molecule has 0 radical (unpaired) electrons. The zero-order valence-corrected chi connectivity index (χ0v) is 8.13. The maximum Gasteiger partial charge on any atom is -0.0172 e. The van der Waals surface area contributed by atoms with Crippen molar-refractivity contribution in [1.29, 1.82) is 0 Å². The van der Waals surface area contributed by atoms with Crippen LogP contribution in [0, 0.1) is 0 Å². The molecule has 0 heterocycles. The van der Waals surface area contributed by atoms with E-state index in [9.17, 15) is 0 Å². The van der Waals surface area contributed by atoms with Gasteiger partial charge in [-0.3, -0.25) is 0 Å². The van der Waals surface area contributed by atoms with Crippen molar-refractivity contribution < 1.29 is 0 Å². The molecule has 0 aromatic rings.